The van der Waals surface area contributed by atoms with E-state index in [-0.39, 0.29) is 6.10 Å². The molecule has 0 unspecified atom stereocenters. The van der Waals surface area contributed by atoms with Gasteiger partial charge in [0, 0.05) is 19.1 Å². The molecule has 1 atom stereocenters. The van der Waals surface area contributed by atoms with Gasteiger partial charge >= 0.3 is 0 Å². The van der Waals surface area contributed by atoms with E-state index < -0.39 is 0 Å². The summed E-state index contributed by atoms with van der Waals surface area (Å²) in [4.78, 5) is 6.47. The van der Waals surface area contributed by atoms with Gasteiger partial charge in [-0.05, 0) is 20.3 Å². The minimum atomic E-state index is -0.166. The van der Waals surface area contributed by atoms with E-state index in [1.165, 1.54) is 0 Å². The Labute approximate surface area is 89.7 Å². The topological polar surface area (TPSA) is 54.2 Å². The maximum Gasteiger partial charge on any atom is 0.141 e. The van der Waals surface area contributed by atoms with Gasteiger partial charge in [0.25, 0.3) is 0 Å². The van der Waals surface area contributed by atoms with E-state index in [0.29, 0.717) is 6.04 Å². The highest BCUT2D eigenvalue weighted by Crippen LogP contribution is 2.13. The van der Waals surface area contributed by atoms with Crippen molar-refractivity contribution in [3.05, 3.63) is 12.2 Å². The number of β-amino-alcohol motifs (C(OH)–C–C–N with tert-alkyl or cyclic N) is 1. The Morgan fingerprint density at radius 2 is 2.40 bits per heavy atom. The summed E-state index contributed by atoms with van der Waals surface area (Å²) in [6, 6.07) is 0.343. The second-order valence-corrected chi connectivity index (χ2v) is 4.39. The fourth-order valence-corrected chi connectivity index (χ4v) is 1.97. The molecule has 15 heavy (non-hydrogen) atoms. The van der Waals surface area contributed by atoms with E-state index in [4.69, 9.17) is 0 Å². The summed E-state index contributed by atoms with van der Waals surface area (Å²) in [6.45, 7) is 6.68. The molecule has 5 nitrogen and oxygen atoms in total. The molecule has 1 N–H and O–H groups in total. The van der Waals surface area contributed by atoms with E-state index in [1.807, 2.05) is 4.68 Å². The van der Waals surface area contributed by atoms with Crippen molar-refractivity contribution in [2.45, 2.75) is 39.0 Å². The smallest absolute Gasteiger partial charge is 0.141 e. The lowest BCUT2D eigenvalue weighted by Gasteiger charge is -2.16. The first-order valence-corrected chi connectivity index (χ1v) is 5.45. The number of hydrogen-bond acceptors (Lipinski definition) is 4. The zero-order valence-corrected chi connectivity index (χ0v) is 9.30. The lowest BCUT2D eigenvalue weighted by molar-refractivity contribution is 0.173. The van der Waals surface area contributed by atoms with Gasteiger partial charge in [0.05, 0.1) is 12.6 Å². The first-order chi connectivity index (χ1) is 7.16. The molecule has 0 aromatic carbocycles. The number of aromatic nitrogens is 3. The second-order valence-electron chi connectivity index (χ2n) is 4.39. The van der Waals surface area contributed by atoms with Crippen molar-refractivity contribution in [1.29, 1.82) is 0 Å². The van der Waals surface area contributed by atoms with Crippen molar-refractivity contribution >= 4 is 0 Å². The zero-order chi connectivity index (χ0) is 10.8. The summed E-state index contributed by atoms with van der Waals surface area (Å²) in [5, 5.41) is 13.6. The molecule has 0 amide bonds. The molecule has 1 aromatic heterocycles. The fraction of sp³-hybridized carbons (Fsp3) is 0.800. The van der Waals surface area contributed by atoms with Crippen molar-refractivity contribution in [2.24, 2.45) is 0 Å². The highest BCUT2D eigenvalue weighted by molar-refractivity contribution is 4.88. The molecule has 0 saturated carbocycles. The molecule has 5 heteroatoms. The number of aliphatic hydroxyl groups is 1. The maximum atomic E-state index is 9.42. The van der Waals surface area contributed by atoms with Crippen LogP contribution in [0.1, 0.15) is 32.1 Å². The number of nitrogens with zero attached hydrogens (tertiary/aromatic N) is 4. The Morgan fingerprint density at radius 1 is 1.60 bits per heavy atom. The maximum absolute atomic E-state index is 9.42. The van der Waals surface area contributed by atoms with Crippen LogP contribution in [0.2, 0.25) is 0 Å². The fourth-order valence-electron chi connectivity index (χ4n) is 1.97. The third-order valence-corrected chi connectivity index (χ3v) is 2.75. The molecule has 84 valence electrons. The normalized spacial score (nSPS) is 22.8. The lowest BCUT2D eigenvalue weighted by atomic mass is 10.3. The van der Waals surface area contributed by atoms with Crippen LogP contribution in [-0.2, 0) is 6.54 Å². The monoisotopic (exact) mass is 210 g/mol. The molecule has 0 bridgehead atoms. The van der Waals surface area contributed by atoms with Crippen LogP contribution in [0.25, 0.3) is 0 Å². The van der Waals surface area contributed by atoms with Gasteiger partial charge in [-0.3, -0.25) is 4.90 Å². The quantitative estimate of drug-likeness (QED) is 0.786. The predicted octanol–water partition coefficient (Wildman–Crippen LogP) is 0.426. The minimum absolute atomic E-state index is 0.166. The molecule has 1 aliphatic rings. The molecule has 0 aliphatic carbocycles. The Hall–Kier alpha value is -0.940. The number of rotatable bonds is 3. The van der Waals surface area contributed by atoms with Crippen molar-refractivity contribution in [3.63, 3.8) is 0 Å². The van der Waals surface area contributed by atoms with Crippen molar-refractivity contribution in [2.75, 3.05) is 13.1 Å². The summed E-state index contributed by atoms with van der Waals surface area (Å²) in [5.74, 6) is 0.985. The summed E-state index contributed by atoms with van der Waals surface area (Å²) >= 11 is 0. The molecule has 1 aromatic rings. The van der Waals surface area contributed by atoms with Gasteiger partial charge in [-0.2, -0.15) is 5.10 Å². The van der Waals surface area contributed by atoms with Crippen LogP contribution in [0.3, 0.4) is 0 Å². The second kappa shape index (κ2) is 4.28. The molecule has 0 spiro atoms. The Morgan fingerprint density at radius 3 is 3.00 bits per heavy atom. The van der Waals surface area contributed by atoms with Crippen LogP contribution in [0.5, 0.6) is 0 Å². The molecular formula is C10H18N4O. The summed E-state index contributed by atoms with van der Waals surface area (Å²) < 4.78 is 1.94. The van der Waals surface area contributed by atoms with Crippen molar-refractivity contribution in [1.82, 2.24) is 19.7 Å². The van der Waals surface area contributed by atoms with Gasteiger partial charge in [0.2, 0.25) is 0 Å². The third-order valence-electron chi connectivity index (χ3n) is 2.75. The largest absolute Gasteiger partial charge is 0.392 e. The number of aliphatic hydroxyl groups excluding tert-OH is 1. The summed E-state index contributed by atoms with van der Waals surface area (Å²) in [5.41, 5.74) is 0. The number of hydrogen-bond donors (Lipinski definition) is 1. The van der Waals surface area contributed by atoms with Gasteiger partial charge < -0.3 is 5.11 Å². The van der Waals surface area contributed by atoms with Gasteiger partial charge in [-0.25, -0.2) is 9.67 Å². The average Bonchev–Trinajstić information content (AvgIpc) is 2.75. The molecule has 0 radical (unpaired) electrons. The van der Waals surface area contributed by atoms with Gasteiger partial charge in [0.1, 0.15) is 12.2 Å². The van der Waals surface area contributed by atoms with Gasteiger partial charge in [-0.1, -0.05) is 0 Å². The van der Waals surface area contributed by atoms with Crippen molar-refractivity contribution in [3.8, 4) is 0 Å². The highest BCUT2D eigenvalue weighted by Gasteiger charge is 2.21. The average molecular weight is 210 g/mol. The Bertz CT molecular complexity index is 323. The van der Waals surface area contributed by atoms with Crippen molar-refractivity contribution < 1.29 is 5.11 Å². The van der Waals surface area contributed by atoms with Crippen LogP contribution in [0, 0.1) is 0 Å². The third kappa shape index (κ3) is 2.35. The molecule has 2 rings (SSSR count). The predicted molar refractivity (Wildman–Crippen MR) is 56.3 cm³/mol. The van der Waals surface area contributed by atoms with E-state index in [2.05, 4.69) is 28.8 Å². The zero-order valence-electron chi connectivity index (χ0n) is 9.30. The lowest BCUT2D eigenvalue weighted by Crippen LogP contribution is -2.24. The molecular weight excluding hydrogens is 192 g/mol. The van der Waals surface area contributed by atoms with Gasteiger partial charge in [-0.15, -0.1) is 0 Å². The summed E-state index contributed by atoms with van der Waals surface area (Å²) in [7, 11) is 0. The van der Waals surface area contributed by atoms with Crippen LogP contribution in [0.15, 0.2) is 6.33 Å². The van der Waals surface area contributed by atoms with E-state index in [0.717, 1.165) is 31.9 Å². The number of likely N-dealkylation sites (tertiary alicyclic amines) is 1. The molecule has 1 fully saturated rings. The Kier molecular flexibility index (Phi) is 3.02. The van der Waals surface area contributed by atoms with Crippen LogP contribution < -0.4 is 0 Å². The minimum Gasteiger partial charge on any atom is -0.392 e. The highest BCUT2D eigenvalue weighted by atomic mass is 16.3. The SMILES string of the molecule is CC(C)n1ncnc1CN1CC[C@H](O)C1. The molecule has 1 saturated heterocycles. The first kappa shape index (κ1) is 10.6. The van der Waals surface area contributed by atoms with Gasteiger partial charge in [0.15, 0.2) is 0 Å². The van der Waals surface area contributed by atoms with E-state index in [1.54, 1.807) is 6.33 Å². The van der Waals surface area contributed by atoms with E-state index in [9.17, 15) is 5.11 Å². The Balaban J connectivity index is 2.01. The summed E-state index contributed by atoms with van der Waals surface area (Å²) in [6.07, 6.45) is 2.30. The molecule has 1 aliphatic heterocycles. The standard InChI is InChI=1S/C10H18N4O/c1-8(2)14-10(11-7-12-14)6-13-4-3-9(15)5-13/h7-9,15H,3-6H2,1-2H3/t9-/m0/s1. The van der Waals surface area contributed by atoms with E-state index >= 15 is 0 Å². The molecule has 2 heterocycles. The van der Waals surface area contributed by atoms with Crippen LogP contribution in [-0.4, -0.2) is 44.0 Å². The van der Waals surface area contributed by atoms with Crippen LogP contribution in [0.4, 0.5) is 0 Å². The van der Waals surface area contributed by atoms with Crippen LogP contribution >= 0.6 is 0 Å². The first-order valence-electron chi connectivity index (χ1n) is 5.45.